The number of aldehydes is 1. The Morgan fingerprint density at radius 2 is 2.33 bits per heavy atom. The molecule has 0 fully saturated rings. The van der Waals surface area contributed by atoms with E-state index in [-0.39, 0.29) is 5.25 Å². The molecule has 0 spiro atoms. The summed E-state index contributed by atoms with van der Waals surface area (Å²) in [6, 6.07) is 0. The summed E-state index contributed by atoms with van der Waals surface area (Å²) in [7, 11) is 0. The predicted molar refractivity (Wildman–Crippen MR) is 40.4 cm³/mol. The van der Waals surface area contributed by atoms with Crippen molar-refractivity contribution in [1.29, 1.82) is 0 Å². The van der Waals surface area contributed by atoms with Gasteiger partial charge in [0, 0.05) is 0 Å². The van der Waals surface area contributed by atoms with Crippen molar-refractivity contribution in [3.05, 3.63) is 10.5 Å². The van der Waals surface area contributed by atoms with Crippen molar-refractivity contribution >= 4 is 18.0 Å². The lowest BCUT2D eigenvalue weighted by molar-refractivity contribution is -0.107. The minimum absolute atomic E-state index is 0.213. The number of hydrogen-bond acceptors (Lipinski definition) is 2. The van der Waals surface area contributed by atoms with Crippen LogP contribution in [0.1, 0.15) is 20.3 Å². The average molecular weight is 142 g/mol. The maximum absolute atomic E-state index is 10.3. The standard InChI is InChI=1S/C7H10OS/c1-5-3-7(4-8)9-6(5)2/h4,7H,3H2,1-2H3. The van der Waals surface area contributed by atoms with E-state index in [2.05, 4.69) is 13.8 Å². The average Bonchev–Trinajstić information content (AvgIpc) is 2.13. The van der Waals surface area contributed by atoms with Gasteiger partial charge in [0.05, 0.1) is 5.25 Å². The zero-order valence-corrected chi connectivity index (χ0v) is 6.49. The van der Waals surface area contributed by atoms with Crippen LogP contribution in [-0.2, 0) is 4.79 Å². The van der Waals surface area contributed by atoms with Crippen LogP contribution in [0.4, 0.5) is 0 Å². The molecule has 1 rings (SSSR count). The van der Waals surface area contributed by atoms with Gasteiger partial charge in [0.2, 0.25) is 0 Å². The fraction of sp³-hybridized carbons (Fsp3) is 0.571. The van der Waals surface area contributed by atoms with Crippen LogP contribution in [0.2, 0.25) is 0 Å². The lowest BCUT2D eigenvalue weighted by atomic mass is 10.2. The zero-order chi connectivity index (χ0) is 6.85. The van der Waals surface area contributed by atoms with Gasteiger partial charge in [-0.2, -0.15) is 0 Å². The van der Waals surface area contributed by atoms with E-state index in [0.29, 0.717) is 0 Å². The maximum Gasteiger partial charge on any atom is 0.133 e. The molecule has 0 saturated heterocycles. The van der Waals surface area contributed by atoms with Gasteiger partial charge in [-0.05, 0) is 25.2 Å². The van der Waals surface area contributed by atoms with Crippen molar-refractivity contribution in [3.8, 4) is 0 Å². The molecule has 0 bridgehead atoms. The highest BCUT2D eigenvalue weighted by atomic mass is 32.2. The molecule has 1 unspecified atom stereocenters. The predicted octanol–water partition coefficient (Wildman–Crippen LogP) is 1.98. The number of allylic oxidation sites excluding steroid dienone is 2. The number of rotatable bonds is 1. The van der Waals surface area contributed by atoms with Crippen LogP contribution in [0.15, 0.2) is 10.5 Å². The summed E-state index contributed by atoms with van der Waals surface area (Å²) in [5.41, 5.74) is 1.37. The molecule has 0 N–H and O–H groups in total. The smallest absolute Gasteiger partial charge is 0.133 e. The molecule has 0 aromatic rings. The van der Waals surface area contributed by atoms with E-state index in [1.54, 1.807) is 11.8 Å². The molecule has 0 saturated carbocycles. The number of carbonyl (C=O) groups is 1. The van der Waals surface area contributed by atoms with Crippen molar-refractivity contribution in [1.82, 2.24) is 0 Å². The van der Waals surface area contributed by atoms with E-state index in [9.17, 15) is 4.79 Å². The van der Waals surface area contributed by atoms with Crippen molar-refractivity contribution in [2.24, 2.45) is 0 Å². The van der Waals surface area contributed by atoms with Gasteiger partial charge in [-0.15, -0.1) is 11.8 Å². The normalized spacial score (nSPS) is 27.1. The Balaban J connectivity index is 2.58. The van der Waals surface area contributed by atoms with E-state index >= 15 is 0 Å². The SMILES string of the molecule is CC1=C(C)SC(C=O)C1. The number of thioether (sulfide) groups is 1. The lowest BCUT2D eigenvalue weighted by Gasteiger charge is -1.94. The van der Waals surface area contributed by atoms with E-state index < -0.39 is 0 Å². The molecule has 1 atom stereocenters. The van der Waals surface area contributed by atoms with Gasteiger partial charge in [0.1, 0.15) is 6.29 Å². The van der Waals surface area contributed by atoms with Crippen molar-refractivity contribution < 1.29 is 4.79 Å². The Morgan fingerprint density at radius 3 is 2.56 bits per heavy atom. The first kappa shape index (κ1) is 6.87. The van der Waals surface area contributed by atoms with Crippen molar-refractivity contribution in [2.75, 3.05) is 0 Å². The Bertz CT molecular complexity index is 146. The van der Waals surface area contributed by atoms with Crippen LogP contribution in [0.5, 0.6) is 0 Å². The largest absolute Gasteiger partial charge is 0.302 e. The Morgan fingerprint density at radius 1 is 1.67 bits per heavy atom. The van der Waals surface area contributed by atoms with Crippen LogP contribution >= 0.6 is 11.8 Å². The maximum atomic E-state index is 10.3. The Kier molecular flexibility index (Phi) is 1.96. The highest BCUT2D eigenvalue weighted by Gasteiger charge is 2.18. The topological polar surface area (TPSA) is 17.1 Å². The summed E-state index contributed by atoms with van der Waals surface area (Å²) < 4.78 is 0. The van der Waals surface area contributed by atoms with Gasteiger partial charge in [-0.25, -0.2) is 0 Å². The van der Waals surface area contributed by atoms with Gasteiger partial charge in [-0.3, -0.25) is 0 Å². The van der Waals surface area contributed by atoms with Crippen molar-refractivity contribution in [2.45, 2.75) is 25.5 Å². The summed E-state index contributed by atoms with van der Waals surface area (Å²) in [6.45, 7) is 4.16. The van der Waals surface area contributed by atoms with Gasteiger partial charge >= 0.3 is 0 Å². The molecule has 50 valence electrons. The Hall–Kier alpha value is -0.240. The van der Waals surface area contributed by atoms with Crippen LogP contribution in [0, 0.1) is 0 Å². The molecular weight excluding hydrogens is 132 g/mol. The van der Waals surface area contributed by atoms with Crippen LogP contribution in [-0.4, -0.2) is 11.5 Å². The first-order valence-corrected chi connectivity index (χ1v) is 3.90. The summed E-state index contributed by atoms with van der Waals surface area (Å²) in [5.74, 6) is 0. The third kappa shape index (κ3) is 1.36. The highest BCUT2D eigenvalue weighted by Crippen LogP contribution is 2.35. The van der Waals surface area contributed by atoms with Crippen LogP contribution in [0.3, 0.4) is 0 Å². The molecule has 0 aromatic carbocycles. The molecule has 0 radical (unpaired) electrons. The molecule has 1 heterocycles. The molecule has 1 nitrogen and oxygen atoms in total. The second-order valence-electron chi connectivity index (χ2n) is 2.33. The number of carbonyl (C=O) groups excluding carboxylic acids is 1. The quantitative estimate of drug-likeness (QED) is 0.521. The van der Waals surface area contributed by atoms with Gasteiger partial charge < -0.3 is 4.79 Å². The van der Waals surface area contributed by atoms with E-state index in [0.717, 1.165) is 12.7 Å². The summed E-state index contributed by atoms with van der Waals surface area (Å²) in [5, 5.41) is 0.213. The van der Waals surface area contributed by atoms with E-state index in [1.165, 1.54) is 10.5 Å². The number of hydrogen-bond donors (Lipinski definition) is 0. The second-order valence-corrected chi connectivity index (χ2v) is 3.79. The minimum Gasteiger partial charge on any atom is -0.302 e. The first-order valence-electron chi connectivity index (χ1n) is 3.02. The second kappa shape index (κ2) is 2.56. The third-order valence-corrected chi connectivity index (χ3v) is 2.87. The molecule has 0 aliphatic carbocycles. The van der Waals surface area contributed by atoms with Gasteiger partial charge in [0.15, 0.2) is 0 Å². The van der Waals surface area contributed by atoms with Gasteiger partial charge in [-0.1, -0.05) is 5.57 Å². The summed E-state index contributed by atoms with van der Waals surface area (Å²) in [6.07, 6.45) is 1.99. The summed E-state index contributed by atoms with van der Waals surface area (Å²) in [4.78, 5) is 11.6. The van der Waals surface area contributed by atoms with Crippen LogP contribution < -0.4 is 0 Å². The van der Waals surface area contributed by atoms with E-state index in [4.69, 9.17) is 0 Å². The fourth-order valence-electron chi connectivity index (χ4n) is 0.891. The fourth-order valence-corrected chi connectivity index (χ4v) is 2.02. The van der Waals surface area contributed by atoms with Crippen molar-refractivity contribution in [3.63, 3.8) is 0 Å². The monoisotopic (exact) mass is 142 g/mol. The zero-order valence-electron chi connectivity index (χ0n) is 5.68. The molecule has 0 aromatic heterocycles. The third-order valence-electron chi connectivity index (χ3n) is 1.59. The highest BCUT2D eigenvalue weighted by molar-refractivity contribution is 8.04. The molecule has 2 heteroatoms. The molecule has 1 aliphatic heterocycles. The Labute approximate surface area is 59.5 Å². The van der Waals surface area contributed by atoms with E-state index in [1.807, 2.05) is 0 Å². The molecule has 9 heavy (non-hydrogen) atoms. The molecular formula is C7H10OS. The lowest BCUT2D eigenvalue weighted by Crippen LogP contribution is -1.97. The van der Waals surface area contributed by atoms with Gasteiger partial charge in [0.25, 0.3) is 0 Å². The molecule has 1 aliphatic rings. The van der Waals surface area contributed by atoms with Crippen LogP contribution in [0.25, 0.3) is 0 Å². The molecule has 0 amide bonds. The minimum atomic E-state index is 0.213. The summed E-state index contributed by atoms with van der Waals surface area (Å²) >= 11 is 1.69. The first-order chi connectivity index (χ1) is 4.24.